The van der Waals surface area contributed by atoms with E-state index in [1.165, 1.54) is 48.1 Å². The standard InChI is InChI=1S/C22H26N4S/c1-15-7-6-8-16(13-15)20-21(27-22(23-2)26-20)17-11-12-24-19(14-17)25-18-9-4-3-5-10-18/h6-8,11-14,18H,3-5,9-10H2,1-2H3,(H,23,26)(H,24,25). The Morgan fingerprint density at radius 3 is 2.67 bits per heavy atom. The summed E-state index contributed by atoms with van der Waals surface area (Å²) >= 11 is 1.69. The highest BCUT2D eigenvalue weighted by Crippen LogP contribution is 2.39. The van der Waals surface area contributed by atoms with Crippen molar-refractivity contribution in [1.82, 2.24) is 9.97 Å². The molecular formula is C22H26N4S. The highest BCUT2D eigenvalue weighted by molar-refractivity contribution is 7.19. The number of benzene rings is 1. The second kappa shape index (κ2) is 8.09. The number of anilines is 2. The fraction of sp³-hybridized carbons (Fsp3) is 0.364. The van der Waals surface area contributed by atoms with E-state index in [1.807, 2.05) is 13.2 Å². The Labute approximate surface area is 165 Å². The first-order chi connectivity index (χ1) is 13.2. The molecule has 2 aromatic heterocycles. The van der Waals surface area contributed by atoms with Crippen LogP contribution in [0.4, 0.5) is 10.9 Å². The van der Waals surface area contributed by atoms with Gasteiger partial charge in [-0.1, -0.05) is 54.4 Å². The summed E-state index contributed by atoms with van der Waals surface area (Å²) in [6, 6.07) is 13.3. The van der Waals surface area contributed by atoms with Crippen LogP contribution in [0.5, 0.6) is 0 Å². The number of aryl methyl sites for hydroxylation is 1. The average molecular weight is 379 g/mol. The van der Waals surface area contributed by atoms with Crippen LogP contribution >= 0.6 is 11.3 Å². The lowest BCUT2D eigenvalue weighted by atomic mass is 9.95. The smallest absolute Gasteiger partial charge is 0.183 e. The minimum atomic E-state index is 0.548. The summed E-state index contributed by atoms with van der Waals surface area (Å²) in [5.74, 6) is 0.967. The van der Waals surface area contributed by atoms with Gasteiger partial charge >= 0.3 is 0 Å². The van der Waals surface area contributed by atoms with Crippen molar-refractivity contribution in [1.29, 1.82) is 0 Å². The molecule has 27 heavy (non-hydrogen) atoms. The van der Waals surface area contributed by atoms with Gasteiger partial charge in [0, 0.05) is 24.8 Å². The van der Waals surface area contributed by atoms with E-state index in [4.69, 9.17) is 4.98 Å². The van der Waals surface area contributed by atoms with Gasteiger partial charge in [-0.15, -0.1) is 0 Å². The molecule has 1 aliphatic carbocycles. The number of nitrogens with one attached hydrogen (secondary N) is 2. The van der Waals surface area contributed by atoms with Gasteiger partial charge in [0.1, 0.15) is 5.82 Å². The monoisotopic (exact) mass is 378 g/mol. The number of nitrogens with zero attached hydrogens (tertiary/aromatic N) is 2. The van der Waals surface area contributed by atoms with Crippen LogP contribution in [0.25, 0.3) is 21.7 Å². The lowest BCUT2D eigenvalue weighted by molar-refractivity contribution is 0.462. The third-order valence-corrected chi connectivity index (χ3v) is 6.23. The molecule has 0 amide bonds. The van der Waals surface area contributed by atoms with Gasteiger partial charge in [-0.25, -0.2) is 9.97 Å². The zero-order valence-corrected chi connectivity index (χ0v) is 16.8. The normalized spacial score (nSPS) is 14.9. The maximum absolute atomic E-state index is 4.83. The van der Waals surface area contributed by atoms with E-state index in [0.717, 1.165) is 22.2 Å². The lowest BCUT2D eigenvalue weighted by Crippen LogP contribution is -2.22. The molecule has 1 aliphatic rings. The zero-order valence-electron chi connectivity index (χ0n) is 16.0. The zero-order chi connectivity index (χ0) is 18.6. The number of pyridine rings is 1. The second-order valence-electron chi connectivity index (χ2n) is 7.23. The van der Waals surface area contributed by atoms with Gasteiger partial charge in [-0.3, -0.25) is 0 Å². The average Bonchev–Trinajstić information content (AvgIpc) is 3.14. The quantitative estimate of drug-likeness (QED) is 0.574. The summed E-state index contributed by atoms with van der Waals surface area (Å²) in [5.41, 5.74) is 4.59. The summed E-state index contributed by atoms with van der Waals surface area (Å²) in [5, 5.41) is 7.77. The molecule has 0 bridgehead atoms. The van der Waals surface area contributed by atoms with Gasteiger partial charge in [0.05, 0.1) is 10.6 Å². The van der Waals surface area contributed by atoms with Gasteiger partial charge in [-0.05, 0) is 43.5 Å². The Hall–Kier alpha value is -2.40. The van der Waals surface area contributed by atoms with Crippen molar-refractivity contribution in [3.05, 3.63) is 48.2 Å². The SMILES string of the molecule is CNc1nc(-c2cccc(C)c2)c(-c2ccnc(NC3CCCCC3)c2)s1. The van der Waals surface area contributed by atoms with Gasteiger partial charge < -0.3 is 10.6 Å². The molecule has 0 radical (unpaired) electrons. The molecule has 0 saturated heterocycles. The van der Waals surface area contributed by atoms with E-state index in [2.05, 4.69) is 58.9 Å². The minimum absolute atomic E-state index is 0.548. The van der Waals surface area contributed by atoms with Crippen molar-refractivity contribution in [2.75, 3.05) is 17.7 Å². The fourth-order valence-electron chi connectivity index (χ4n) is 3.72. The molecule has 5 heteroatoms. The van der Waals surface area contributed by atoms with E-state index < -0.39 is 0 Å². The molecule has 2 heterocycles. The molecule has 4 rings (SSSR count). The molecule has 0 atom stereocenters. The van der Waals surface area contributed by atoms with E-state index in [9.17, 15) is 0 Å². The summed E-state index contributed by atoms with van der Waals surface area (Å²) in [6.45, 7) is 2.12. The molecule has 2 N–H and O–H groups in total. The van der Waals surface area contributed by atoms with Crippen LogP contribution < -0.4 is 10.6 Å². The first-order valence-electron chi connectivity index (χ1n) is 9.71. The second-order valence-corrected chi connectivity index (χ2v) is 8.22. The van der Waals surface area contributed by atoms with Crippen LogP contribution in [0.1, 0.15) is 37.7 Å². The molecule has 0 unspecified atom stereocenters. The number of rotatable bonds is 5. The first kappa shape index (κ1) is 18.0. The molecule has 0 aliphatic heterocycles. The van der Waals surface area contributed by atoms with E-state index in [0.29, 0.717) is 6.04 Å². The van der Waals surface area contributed by atoms with Crippen LogP contribution in [0.3, 0.4) is 0 Å². The summed E-state index contributed by atoms with van der Waals surface area (Å²) in [7, 11) is 1.92. The topological polar surface area (TPSA) is 49.8 Å². The Balaban J connectivity index is 1.68. The van der Waals surface area contributed by atoms with Gasteiger partial charge in [0.25, 0.3) is 0 Å². The Bertz CT molecular complexity index is 912. The number of hydrogen-bond acceptors (Lipinski definition) is 5. The molecule has 3 aromatic rings. The Morgan fingerprint density at radius 1 is 1.04 bits per heavy atom. The fourth-order valence-corrected chi connectivity index (χ4v) is 4.65. The highest BCUT2D eigenvalue weighted by Gasteiger charge is 2.17. The first-order valence-corrected chi connectivity index (χ1v) is 10.5. The van der Waals surface area contributed by atoms with Crippen LogP contribution in [-0.4, -0.2) is 23.1 Å². The van der Waals surface area contributed by atoms with Crippen LogP contribution in [-0.2, 0) is 0 Å². The van der Waals surface area contributed by atoms with Crippen molar-refractivity contribution in [3.63, 3.8) is 0 Å². The number of aromatic nitrogens is 2. The van der Waals surface area contributed by atoms with E-state index in [1.54, 1.807) is 11.3 Å². The Kier molecular flexibility index (Phi) is 5.39. The predicted molar refractivity (Wildman–Crippen MR) is 116 cm³/mol. The maximum Gasteiger partial charge on any atom is 0.183 e. The predicted octanol–water partition coefficient (Wildman–Crippen LogP) is 5.97. The molecular weight excluding hydrogens is 352 g/mol. The van der Waals surface area contributed by atoms with Gasteiger partial charge in [-0.2, -0.15) is 0 Å². The Morgan fingerprint density at radius 2 is 1.89 bits per heavy atom. The lowest BCUT2D eigenvalue weighted by Gasteiger charge is -2.23. The van der Waals surface area contributed by atoms with Crippen LogP contribution in [0.15, 0.2) is 42.6 Å². The van der Waals surface area contributed by atoms with Gasteiger partial charge in [0.2, 0.25) is 0 Å². The molecule has 0 spiro atoms. The molecule has 1 saturated carbocycles. The van der Waals surface area contributed by atoms with Crippen molar-refractivity contribution in [3.8, 4) is 21.7 Å². The van der Waals surface area contributed by atoms with Crippen molar-refractivity contribution < 1.29 is 0 Å². The maximum atomic E-state index is 4.83. The van der Waals surface area contributed by atoms with Crippen LogP contribution in [0, 0.1) is 6.92 Å². The third-order valence-electron chi connectivity index (χ3n) is 5.11. The summed E-state index contributed by atoms with van der Waals surface area (Å²) in [6.07, 6.45) is 8.37. The van der Waals surface area contributed by atoms with Gasteiger partial charge in [0.15, 0.2) is 5.13 Å². The summed E-state index contributed by atoms with van der Waals surface area (Å²) < 4.78 is 0. The minimum Gasteiger partial charge on any atom is -0.367 e. The van der Waals surface area contributed by atoms with Crippen molar-refractivity contribution in [2.24, 2.45) is 0 Å². The van der Waals surface area contributed by atoms with Crippen LogP contribution in [0.2, 0.25) is 0 Å². The molecule has 140 valence electrons. The van der Waals surface area contributed by atoms with E-state index in [-0.39, 0.29) is 0 Å². The van der Waals surface area contributed by atoms with Crippen molar-refractivity contribution >= 4 is 22.3 Å². The third kappa shape index (κ3) is 4.14. The number of thiazole rings is 1. The highest BCUT2D eigenvalue weighted by atomic mass is 32.1. The molecule has 4 nitrogen and oxygen atoms in total. The molecule has 1 fully saturated rings. The van der Waals surface area contributed by atoms with E-state index >= 15 is 0 Å². The number of hydrogen-bond donors (Lipinski definition) is 2. The largest absolute Gasteiger partial charge is 0.367 e. The van der Waals surface area contributed by atoms with Crippen molar-refractivity contribution in [2.45, 2.75) is 45.1 Å². The molecule has 1 aromatic carbocycles. The summed E-state index contributed by atoms with van der Waals surface area (Å²) in [4.78, 5) is 10.6.